The molecule has 1 aliphatic heterocycles. The van der Waals surface area contributed by atoms with Gasteiger partial charge in [0, 0.05) is 43.2 Å². The summed E-state index contributed by atoms with van der Waals surface area (Å²) < 4.78 is 15.9. The highest BCUT2D eigenvalue weighted by atomic mass is 35.5. The molecule has 3 aromatic rings. The second-order valence-electron chi connectivity index (χ2n) is 8.46. The van der Waals surface area contributed by atoms with Crippen LogP contribution in [0, 0.1) is 17.1 Å². The fourth-order valence-corrected chi connectivity index (χ4v) is 4.34. The van der Waals surface area contributed by atoms with E-state index in [2.05, 4.69) is 25.6 Å². The largest absolute Gasteiger partial charge is 0.386 e. The Morgan fingerprint density at radius 2 is 1.97 bits per heavy atom. The van der Waals surface area contributed by atoms with Gasteiger partial charge in [-0.3, -0.25) is 24.1 Å². The van der Waals surface area contributed by atoms with Gasteiger partial charge in [-0.05, 0) is 31.0 Å². The minimum atomic E-state index is -0.746. The van der Waals surface area contributed by atoms with E-state index in [-0.39, 0.29) is 28.2 Å². The smallest absolute Gasteiger partial charge is 0.254 e. The van der Waals surface area contributed by atoms with Crippen molar-refractivity contribution < 1.29 is 9.18 Å². The highest BCUT2D eigenvalue weighted by Gasteiger charge is 2.23. The number of halogens is 2. The first-order valence-electron chi connectivity index (χ1n) is 11.4. The van der Waals surface area contributed by atoms with Gasteiger partial charge in [-0.1, -0.05) is 24.9 Å². The monoisotopic (exact) mass is 509 g/mol. The van der Waals surface area contributed by atoms with Crippen molar-refractivity contribution in [3.63, 3.8) is 0 Å². The van der Waals surface area contributed by atoms with E-state index in [4.69, 9.17) is 17.0 Å². The van der Waals surface area contributed by atoms with Crippen molar-refractivity contribution in [2.75, 3.05) is 7.05 Å². The van der Waals surface area contributed by atoms with E-state index in [1.807, 2.05) is 13.0 Å². The van der Waals surface area contributed by atoms with Crippen molar-refractivity contribution in [2.45, 2.75) is 32.2 Å². The third kappa shape index (κ3) is 5.03. The Kier molecular flexibility index (Phi) is 7.54. The molecule has 0 aliphatic carbocycles. The number of carbonyl (C=O) groups excluding carboxylic acids is 1. The molecule has 0 radical (unpaired) electrons. The lowest BCUT2D eigenvalue weighted by molar-refractivity contribution is -0.123. The van der Waals surface area contributed by atoms with Gasteiger partial charge in [-0.2, -0.15) is 0 Å². The summed E-state index contributed by atoms with van der Waals surface area (Å²) in [4.78, 5) is 38.7. The summed E-state index contributed by atoms with van der Waals surface area (Å²) in [6.45, 7) is 1.82. The van der Waals surface area contributed by atoms with Gasteiger partial charge in [0.25, 0.3) is 5.56 Å². The molecule has 1 aliphatic rings. The topological polar surface area (TPSA) is 126 Å². The standard InChI is InChI=1S/C25H25ClFN7O2/c1-14-4-3-5-20(17-10-15(6-8-30-17)23(29-2)19(12-28)33-25(14)36)34-13-32-18(11-21(34)35)24-22(27)16(26)7-9-31-24/h6-14,20,28-29H,3-5H2,1-2H3,(H,33,36)/b23-19+,28-12?. The lowest BCUT2D eigenvalue weighted by Crippen LogP contribution is -2.32. The van der Waals surface area contributed by atoms with Crippen molar-refractivity contribution in [1.82, 2.24) is 30.2 Å². The fourth-order valence-electron chi connectivity index (χ4n) is 4.20. The van der Waals surface area contributed by atoms with Crippen molar-refractivity contribution in [2.24, 2.45) is 5.92 Å². The number of amides is 1. The van der Waals surface area contributed by atoms with E-state index < -0.39 is 17.4 Å². The van der Waals surface area contributed by atoms with Crippen LogP contribution in [0.1, 0.15) is 43.5 Å². The molecule has 2 atom stereocenters. The van der Waals surface area contributed by atoms with Crippen molar-refractivity contribution in [3.05, 3.63) is 81.1 Å². The SMILES string of the molecule is CN/C1=C(\C=N)NC(=O)C(C)CCCC(n2cnc(-c3nccc(Cl)c3F)cc2=O)c2cc1ccn2. The van der Waals surface area contributed by atoms with E-state index in [0.29, 0.717) is 41.9 Å². The molecule has 2 unspecified atom stereocenters. The molecule has 36 heavy (non-hydrogen) atoms. The Labute approximate surface area is 212 Å². The van der Waals surface area contributed by atoms with Crippen LogP contribution in [0.15, 0.2) is 53.5 Å². The van der Waals surface area contributed by atoms with Crippen molar-refractivity contribution in [1.29, 1.82) is 5.41 Å². The van der Waals surface area contributed by atoms with Gasteiger partial charge < -0.3 is 16.0 Å². The molecule has 1 amide bonds. The first-order valence-corrected chi connectivity index (χ1v) is 11.8. The zero-order chi connectivity index (χ0) is 25.8. The third-order valence-electron chi connectivity index (χ3n) is 6.15. The predicted octanol–water partition coefficient (Wildman–Crippen LogP) is 3.56. The Morgan fingerprint density at radius 1 is 1.19 bits per heavy atom. The maximum atomic E-state index is 14.5. The maximum absolute atomic E-state index is 14.5. The zero-order valence-corrected chi connectivity index (χ0v) is 20.5. The number of carbonyl (C=O) groups is 1. The molecule has 3 aromatic heterocycles. The highest BCUT2D eigenvalue weighted by molar-refractivity contribution is 6.30. The number of fused-ring (bicyclic) bond motifs is 2. The van der Waals surface area contributed by atoms with Crippen LogP contribution in [-0.2, 0) is 4.79 Å². The molecule has 186 valence electrons. The molecule has 0 aromatic carbocycles. The Balaban J connectivity index is 1.82. The van der Waals surface area contributed by atoms with Gasteiger partial charge in [-0.15, -0.1) is 0 Å². The van der Waals surface area contributed by atoms with Gasteiger partial charge in [0.1, 0.15) is 5.69 Å². The number of pyridine rings is 2. The van der Waals surface area contributed by atoms with Crippen LogP contribution >= 0.6 is 11.6 Å². The summed E-state index contributed by atoms with van der Waals surface area (Å²) in [6, 6.07) is 5.64. The van der Waals surface area contributed by atoms with Crippen LogP contribution in [0.5, 0.6) is 0 Å². The van der Waals surface area contributed by atoms with E-state index in [9.17, 15) is 14.0 Å². The summed E-state index contributed by atoms with van der Waals surface area (Å²) in [6.07, 6.45) is 7.14. The minimum Gasteiger partial charge on any atom is -0.386 e. The lowest BCUT2D eigenvalue weighted by atomic mass is 9.97. The third-order valence-corrected chi connectivity index (χ3v) is 6.44. The van der Waals surface area contributed by atoms with Gasteiger partial charge in [0.2, 0.25) is 5.91 Å². The summed E-state index contributed by atoms with van der Waals surface area (Å²) >= 11 is 5.86. The van der Waals surface area contributed by atoms with Gasteiger partial charge in [-0.25, -0.2) is 9.37 Å². The molecule has 4 heterocycles. The molecule has 0 saturated heterocycles. The van der Waals surface area contributed by atoms with E-state index >= 15 is 0 Å². The van der Waals surface area contributed by atoms with Crippen molar-refractivity contribution in [3.8, 4) is 11.4 Å². The molecule has 4 rings (SSSR count). The van der Waals surface area contributed by atoms with E-state index in [0.717, 1.165) is 6.21 Å². The zero-order valence-electron chi connectivity index (χ0n) is 19.8. The second kappa shape index (κ2) is 10.8. The van der Waals surface area contributed by atoms with Gasteiger partial charge in [0.05, 0.1) is 40.2 Å². The van der Waals surface area contributed by atoms with E-state index in [1.165, 1.54) is 29.2 Å². The molecule has 0 saturated carbocycles. The number of rotatable bonds is 4. The van der Waals surface area contributed by atoms with Gasteiger partial charge in [0.15, 0.2) is 5.82 Å². The van der Waals surface area contributed by atoms with Crippen LogP contribution in [0.3, 0.4) is 0 Å². The highest BCUT2D eigenvalue weighted by Crippen LogP contribution is 2.27. The Hall–Kier alpha value is -3.92. The lowest BCUT2D eigenvalue weighted by Gasteiger charge is -2.23. The average molecular weight is 510 g/mol. The summed E-state index contributed by atoms with van der Waals surface area (Å²) in [5, 5.41) is 13.6. The molecule has 0 fully saturated rings. The molecule has 2 bridgehead atoms. The van der Waals surface area contributed by atoms with Gasteiger partial charge >= 0.3 is 0 Å². The fraction of sp³-hybridized carbons (Fsp3) is 0.280. The first kappa shape index (κ1) is 25.2. The number of aromatic nitrogens is 4. The predicted molar refractivity (Wildman–Crippen MR) is 135 cm³/mol. The normalized spacial score (nSPS) is 20.6. The minimum absolute atomic E-state index is 0.0763. The Morgan fingerprint density at radius 3 is 2.69 bits per heavy atom. The van der Waals surface area contributed by atoms with Crippen LogP contribution in [0.2, 0.25) is 5.02 Å². The summed E-state index contributed by atoms with van der Waals surface area (Å²) in [7, 11) is 1.70. The number of allylic oxidation sites excluding steroid dienone is 1. The molecule has 3 N–H and O–H groups in total. The quantitative estimate of drug-likeness (QED) is 0.462. The average Bonchev–Trinajstić information content (AvgIpc) is 2.88. The molecule has 11 heteroatoms. The summed E-state index contributed by atoms with van der Waals surface area (Å²) in [5.41, 5.74) is 1.77. The van der Waals surface area contributed by atoms with Crippen LogP contribution in [-0.4, -0.2) is 38.7 Å². The maximum Gasteiger partial charge on any atom is 0.254 e. The molecule has 9 nitrogen and oxygen atoms in total. The molecular formula is C25H25ClFN7O2. The van der Waals surface area contributed by atoms with Crippen LogP contribution in [0.4, 0.5) is 4.39 Å². The summed E-state index contributed by atoms with van der Waals surface area (Å²) in [5.74, 6) is -1.24. The number of hydrogen-bond acceptors (Lipinski definition) is 7. The number of hydrogen-bond donors (Lipinski definition) is 3. The molecule has 0 spiro atoms. The first-order chi connectivity index (χ1) is 17.3. The Bertz CT molecular complexity index is 1410. The number of nitrogens with one attached hydrogen (secondary N) is 3. The van der Waals surface area contributed by atoms with Crippen molar-refractivity contribution >= 4 is 29.4 Å². The second-order valence-corrected chi connectivity index (χ2v) is 8.87. The van der Waals surface area contributed by atoms with Crippen LogP contribution in [0.25, 0.3) is 17.1 Å². The molecular weight excluding hydrogens is 485 g/mol. The van der Waals surface area contributed by atoms with Crippen LogP contribution < -0.4 is 16.2 Å². The number of nitrogens with zero attached hydrogens (tertiary/aromatic N) is 4. The van der Waals surface area contributed by atoms with E-state index in [1.54, 1.807) is 19.3 Å².